The van der Waals surface area contributed by atoms with Gasteiger partial charge in [0.25, 0.3) is 0 Å². The molecule has 0 aliphatic carbocycles. The molecular formula is C21H17F2NO. The number of para-hydroxylation sites is 1. The van der Waals surface area contributed by atoms with Crippen molar-refractivity contribution in [2.75, 3.05) is 5.32 Å². The molecule has 0 radical (unpaired) electrons. The molecule has 3 aromatic carbocycles. The van der Waals surface area contributed by atoms with Gasteiger partial charge in [0, 0.05) is 12.3 Å². The summed E-state index contributed by atoms with van der Waals surface area (Å²) in [4.78, 5) is 12.4. The lowest BCUT2D eigenvalue weighted by molar-refractivity contribution is -0.116. The van der Waals surface area contributed by atoms with Gasteiger partial charge in [0.1, 0.15) is 17.3 Å². The van der Waals surface area contributed by atoms with Crippen molar-refractivity contribution in [3.63, 3.8) is 0 Å². The van der Waals surface area contributed by atoms with Crippen molar-refractivity contribution < 1.29 is 13.6 Å². The van der Waals surface area contributed by atoms with E-state index in [-0.39, 0.29) is 12.3 Å². The smallest absolute Gasteiger partial charge is 0.225 e. The molecule has 0 unspecified atom stereocenters. The number of anilines is 1. The van der Waals surface area contributed by atoms with Gasteiger partial charge in [0.05, 0.1) is 0 Å². The van der Waals surface area contributed by atoms with Crippen LogP contribution < -0.4 is 5.32 Å². The largest absolute Gasteiger partial charge is 0.321 e. The van der Waals surface area contributed by atoms with Crippen LogP contribution in [0, 0.1) is 11.6 Å². The SMILES string of the molecule is O=C(CC(c1ccccc1)c1ccccc1)Nc1c(F)cccc1F. The maximum Gasteiger partial charge on any atom is 0.225 e. The summed E-state index contributed by atoms with van der Waals surface area (Å²) in [6.07, 6.45) is 0.0851. The van der Waals surface area contributed by atoms with E-state index in [0.29, 0.717) is 0 Å². The van der Waals surface area contributed by atoms with E-state index < -0.39 is 23.2 Å². The maximum atomic E-state index is 13.7. The molecule has 25 heavy (non-hydrogen) atoms. The average Bonchev–Trinajstić information content (AvgIpc) is 2.64. The second-order valence-electron chi connectivity index (χ2n) is 5.72. The number of amides is 1. The van der Waals surface area contributed by atoms with Crippen LogP contribution in [0.25, 0.3) is 0 Å². The molecule has 1 amide bonds. The van der Waals surface area contributed by atoms with Crippen LogP contribution in [-0.4, -0.2) is 5.91 Å². The van der Waals surface area contributed by atoms with Crippen molar-refractivity contribution in [3.05, 3.63) is 102 Å². The Hall–Kier alpha value is -3.01. The Kier molecular flexibility index (Phi) is 5.19. The first-order valence-electron chi connectivity index (χ1n) is 7.99. The molecule has 0 atom stereocenters. The topological polar surface area (TPSA) is 29.1 Å². The van der Waals surface area contributed by atoms with E-state index >= 15 is 0 Å². The summed E-state index contributed by atoms with van der Waals surface area (Å²) in [5.41, 5.74) is 1.53. The zero-order chi connectivity index (χ0) is 17.6. The first-order chi connectivity index (χ1) is 12.1. The van der Waals surface area contributed by atoms with Crippen molar-refractivity contribution in [3.8, 4) is 0 Å². The van der Waals surface area contributed by atoms with Gasteiger partial charge in [0.2, 0.25) is 5.91 Å². The van der Waals surface area contributed by atoms with Gasteiger partial charge < -0.3 is 5.32 Å². The van der Waals surface area contributed by atoms with Crippen LogP contribution in [0.2, 0.25) is 0 Å². The van der Waals surface area contributed by atoms with E-state index in [4.69, 9.17) is 0 Å². The summed E-state index contributed by atoms with van der Waals surface area (Å²) < 4.78 is 27.5. The van der Waals surface area contributed by atoms with Crippen LogP contribution in [0.15, 0.2) is 78.9 Å². The maximum absolute atomic E-state index is 13.7. The first kappa shape index (κ1) is 16.8. The highest BCUT2D eigenvalue weighted by atomic mass is 19.1. The highest BCUT2D eigenvalue weighted by molar-refractivity contribution is 5.91. The molecule has 0 saturated carbocycles. The highest BCUT2D eigenvalue weighted by Crippen LogP contribution is 2.28. The highest BCUT2D eigenvalue weighted by Gasteiger charge is 2.20. The summed E-state index contributed by atoms with van der Waals surface area (Å²) in [5, 5.41) is 2.36. The minimum atomic E-state index is -0.788. The van der Waals surface area contributed by atoms with Gasteiger partial charge in [-0.3, -0.25) is 4.79 Å². The third-order valence-electron chi connectivity index (χ3n) is 4.02. The van der Waals surface area contributed by atoms with E-state index in [2.05, 4.69) is 5.32 Å². The lowest BCUT2D eigenvalue weighted by Gasteiger charge is -2.18. The predicted octanol–water partition coefficient (Wildman–Crippen LogP) is 5.13. The predicted molar refractivity (Wildman–Crippen MR) is 94.3 cm³/mol. The van der Waals surface area contributed by atoms with Crippen molar-refractivity contribution in [2.45, 2.75) is 12.3 Å². The summed E-state index contributed by atoms with van der Waals surface area (Å²) in [6, 6.07) is 22.7. The Morgan fingerprint density at radius 2 is 1.24 bits per heavy atom. The van der Waals surface area contributed by atoms with Gasteiger partial charge in [0.15, 0.2) is 0 Å². The summed E-state index contributed by atoms with van der Waals surface area (Å²) in [5.74, 6) is -2.22. The van der Waals surface area contributed by atoms with Gasteiger partial charge in [-0.15, -0.1) is 0 Å². The zero-order valence-electron chi connectivity index (χ0n) is 13.5. The number of rotatable bonds is 5. The molecule has 3 rings (SSSR count). The number of halogens is 2. The summed E-state index contributed by atoms with van der Waals surface area (Å²) in [6.45, 7) is 0. The molecule has 0 aromatic heterocycles. The molecule has 4 heteroatoms. The fourth-order valence-electron chi connectivity index (χ4n) is 2.79. The lowest BCUT2D eigenvalue weighted by atomic mass is 9.88. The number of hydrogen-bond acceptors (Lipinski definition) is 1. The fourth-order valence-corrected chi connectivity index (χ4v) is 2.79. The molecule has 1 N–H and O–H groups in total. The van der Waals surface area contributed by atoms with Gasteiger partial charge in [-0.25, -0.2) is 8.78 Å². The minimum Gasteiger partial charge on any atom is -0.321 e. The van der Waals surface area contributed by atoms with Crippen LogP contribution in [0.1, 0.15) is 23.5 Å². The second kappa shape index (κ2) is 7.71. The van der Waals surface area contributed by atoms with Gasteiger partial charge in [-0.1, -0.05) is 66.7 Å². The molecular weight excluding hydrogens is 320 g/mol. The molecule has 0 aliphatic rings. The third kappa shape index (κ3) is 4.10. The van der Waals surface area contributed by atoms with Crippen molar-refractivity contribution in [1.82, 2.24) is 0 Å². The Bertz CT molecular complexity index is 791. The molecule has 0 fully saturated rings. The number of benzene rings is 3. The normalized spacial score (nSPS) is 10.7. The molecule has 0 spiro atoms. The Morgan fingerprint density at radius 1 is 0.760 bits per heavy atom. The fraction of sp³-hybridized carbons (Fsp3) is 0.0952. The summed E-state index contributed by atoms with van der Waals surface area (Å²) in [7, 11) is 0. The van der Waals surface area contributed by atoms with E-state index in [1.54, 1.807) is 0 Å². The molecule has 126 valence electrons. The van der Waals surface area contributed by atoms with Crippen molar-refractivity contribution >= 4 is 11.6 Å². The van der Waals surface area contributed by atoms with Crippen LogP contribution in [0.4, 0.5) is 14.5 Å². The second-order valence-corrected chi connectivity index (χ2v) is 5.72. The van der Waals surface area contributed by atoms with Gasteiger partial charge in [-0.2, -0.15) is 0 Å². The van der Waals surface area contributed by atoms with Crippen molar-refractivity contribution in [1.29, 1.82) is 0 Å². The Labute approximate surface area is 145 Å². The number of carbonyl (C=O) groups excluding carboxylic acids is 1. The minimum absolute atomic E-state index is 0.0851. The number of carbonyl (C=O) groups is 1. The summed E-state index contributed by atoms with van der Waals surface area (Å²) >= 11 is 0. The first-order valence-corrected chi connectivity index (χ1v) is 7.99. The van der Waals surface area contributed by atoms with Crippen LogP contribution in [-0.2, 0) is 4.79 Å². The third-order valence-corrected chi connectivity index (χ3v) is 4.02. The van der Waals surface area contributed by atoms with Crippen LogP contribution >= 0.6 is 0 Å². The van der Waals surface area contributed by atoms with Crippen LogP contribution in [0.5, 0.6) is 0 Å². The quantitative estimate of drug-likeness (QED) is 0.687. The number of nitrogens with one attached hydrogen (secondary N) is 1. The Balaban J connectivity index is 1.84. The van der Waals surface area contributed by atoms with Gasteiger partial charge >= 0.3 is 0 Å². The molecule has 3 aromatic rings. The number of hydrogen-bond donors (Lipinski definition) is 1. The zero-order valence-corrected chi connectivity index (χ0v) is 13.5. The molecule has 0 aliphatic heterocycles. The van der Waals surface area contributed by atoms with Crippen LogP contribution in [0.3, 0.4) is 0 Å². The molecule has 0 saturated heterocycles. The lowest BCUT2D eigenvalue weighted by Crippen LogP contribution is -2.18. The van der Waals surface area contributed by atoms with E-state index in [9.17, 15) is 13.6 Å². The molecule has 0 heterocycles. The van der Waals surface area contributed by atoms with E-state index in [1.165, 1.54) is 6.07 Å². The molecule has 2 nitrogen and oxygen atoms in total. The van der Waals surface area contributed by atoms with E-state index in [1.807, 2.05) is 60.7 Å². The van der Waals surface area contributed by atoms with Crippen molar-refractivity contribution in [2.24, 2.45) is 0 Å². The van der Waals surface area contributed by atoms with E-state index in [0.717, 1.165) is 23.3 Å². The molecule has 0 bridgehead atoms. The standard InChI is InChI=1S/C21H17F2NO/c22-18-12-7-13-19(23)21(18)24-20(25)14-17(15-8-3-1-4-9-15)16-10-5-2-6-11-16/h1-13,17H,14H2,(H,24,25). The van der Waals surface area contributed by atoms with Gasteiger partial charge in [-0.05, 0) is 23.3 Å². The Morgan fingerprint density at radius 3 is 1.72 bits per heavy atom. The monoisotopic (exact) mass is 337 g/mol. The average molecular weight is 337 g/mol.